The van der Waals surface area contributed by atoms with Gasteiger partial charge in [0.25, 0.3) is 11.6 Å². The van der Waals surface area contributed by atoms with Crippen LogP contribution in [0.1, 0.15) is 15.9 Å². The number of halogens is 5. The normalized spacial score (nSPS) is 16.8. The molecule has 1 fully saturated rings. The SMILES string of the molecule is O=C(c1cccc([N+](=O)[O-])c1)N1CCN(c2ccc(C(F)(F)F)cc2)CC1OC(CF)CF. The average Bonchev–Trinajstić information content (AvgIpc) is 2.81. The van der Waals surface area contributed by atoms with Crippen LogP contribution in [-0.2, 0) is 10.9 Å². The van der Waals surface area contributed by atoms with Crippen molar-refractivity contribution in [2.75, 3.05) is 37.9 Å². The minimum atomic E-state index is -4.50. The standard InChI is InChI=1S/C21H20F5N3O4/c22-11-18(12-23)33-19-13-27(16-6-4-15(5-7-16)21(24,25)26)8-9-28(19)20(30)14-2-1-3-17(10-14)29(31)32/h1-7,10,18-19H,8-9,11-13H2. The third-order valence-corrected chi connectivity index (χ3v) is 5.15. The zero-order chi connectivity index (χ0) is 24.2. The fraction of sp³-hybridized carbons (Fsp3) is 0.381. The molecule has 7 nitrogen and oxygen atoms in total. The minimum Gasteiger partial charge on any atom is -0.365 e. The van der Waals surface area contributed by atoms with Crippen LogP contribution in [0.3, 0.4) is 0 Å². The van der Waals surface area contributed by atoms with Crippen molar-refractivity contribution in [2.24, 2.45) is 0 Å². The lowest BCUT2D eigenvalue weighted by Crippen LogP contribution is -2.57. The Kier molecular flexibility index (Phi) is 7.46. The third kappa shape index (κ3) is 5.75. The predicted molar refractivity (Wildman–Crippen MR) is 108 cm³/mol. The summed E-state index contributed by atoms with van der Waals surface area (Å²) >= 11 is 0. The van der Waals surface area contributed by atoms with Gasteiger partial charge in [-0.2, -0.15) is 13.2 Å². The molecule has 1 heterocycles. The first-order chi connectivity index (χ1) is 15.6. The molecule has 1 saturated heterocycles. The summed E-state index contributed by atoms with van der Waals surface area (Å²) in [6.45, 7) is -2.15. The second-order valence-electron chi connectivity index (χ2n) is 7.32. The van der Waals surface area contributed by atoms with E-state index in [1.54, 1.807) is 4.90 Å². The molecular formula is C21H20F5N3O4. The van der Waals surface area contributed by atoms with Gasteiger partial charge in [-0.15, -0.1) is 0 Å². The molecule has 1 unspecified atom stereocenters. The van der Waals surface area contributed by atoms with E-state index in [1.165, 1.54) is 35.2 Å². The van der Waals surface area contributed by atoms with Gasteiger partial charge < -0.3 is 14.5 Å². The number of piperazine rings is 1. The van der Waals surface area contributed by atoms with Crippen molar-refractivity contribution in [1.82, 2.24) is 4.90 Å². The number of nitro groups is 1. The molecule has 0 aromatic heterocycles. The van der Waals surface area contributed by atoms with Gasteiger partial charge in [0.05, 0.1) is 17.0 Å². The first-order valence-corrected chi connectivity index (χ1v) is 9.89. The summed E-state index contributed by atoms with van der Waals surface area (Å²) in [5, 5.41) is 11.0. The van der Waals surface area contributed by atoms with E-state index in [9.17, 15) is 36.9 Å². The van der Waals surface area contributed by atoms with Crippen LogP contribution in [0.25, 0.3) is 0 Å². The number of hydrogen-bond acceptors (Lipinski definition) is 5. The van der Waals surface area contributed by atoms with Gasteiger partial charge in [-0.1, -0.05) is 6.07 Å². The zero-order valence-electron chi connectivity index (χ0n) is 17.2. The van der Waals surface area contributed by atoms with Crippen LogP contribution >= 0.6 is 0 Å². The van der Waals surface area contributed by atoms with Crippen molar-refractivity contribution >= 4 is 17.3 Å². The fourth-order valence-electron chi connectivity index (χ4n) is 3.45. The van der Waals surface area contributed by atoms with E-state index >= 15 is 0 Å². The maximum Gasteiger partial charge on any atom is 0.416 e. The molecular weight excluding hydrogens is 453 g/mol. The Hall–Kier alpha value is -3.28. The molecule has 2 aromatic rings. The summed E-state index contributed by atoms with van der Waals surface area (Å²) < 4.78 is 70.2. The summed E-state index contributed by atoms with van der Waals surface area (Å²) in [6, 6.07) is 9.37. The van der Waals surface area contributed by atoms with E-state index in [4.69, 9.17) is 4.74 Å². The van der Waals surface area contributed by atoms with Crippen molar-refractivity contribution < 1.29 is 36.4 Å². The van der Waals surface area contributed by atoms with Gasteiger partial charge in [0.2, 0.25) is 0 Å². The number of hydrogen-bond donors (Lipinski definition) is 0. The lowest BCUT2D eigenvalue weighted by Gasteiger charge is -2.43. The minimum absolute atomic E-state index is 0.00201. The van der Waals surface area contributed by atoms with Gasteiger partial charge in [0, 0.05) is 36.5 Å². The summed E-state index contributed by atoms with van der Waals surface area (Å²) in [6.07, 6.45) is -7.07. The van der Waals surface area contributed by atoms with Crippen LogP contribution in [0.15, 0.2) is 48.5 Å². The monoisotopic (exact) mass is 473 g/mol. The summed E-state index contributed by atoms with van der Waals surface area (Å²) in [5.74, 6) is -0.632. The first kappa shape index (κ1) is 24.4. The Morgan fingerprint density at radius 1 is 1.12 bits per heavy atom. The molecule has 1 amide bonds. The molecule has 0 spiro atoms. The Balaban J connectivity index is 1.84. The summed E-state index contributed by atoms with van der Waals surface area (Å²) in [7, 11) is 0. The van der Waals surface area contributed by atoms with Gasteiger partial charge in [0.1, 0.15) is 19.5 Å². The topological polar surface area (TPSA) is 75.9 Å². The number of alkyl halides is 5. The quantitative estimate of drug-likeness (QED) is 0.342. The maximum absolute atomic E-state index is 13.1. The fourth-order valence-corrected chi connectivity index (χ4v) is 3.45. The number of benzene rings is 2. The molecule has 33 heavy (non-hydrogen) atoms. The second kappa shape index (κ2) is 10.1. The van der Waals surface area contributed by atoms with E-state index in [0.29, 0.717) is 5.69 Å². The maximum atomic E-state index is 13.1. The molecule has 0 N–H and O–H groups in total. The van der Waals surface area contributed by atoms with E-state index in [2.05, 4.69) is 0 Å². The number of anilines is 1. The molecule has 0 radical (unpaired) electrons. The number of rotatable bonds is 7. The highest BCUT2D eigenvalue weighted by Gasteiger charge is 2.35. The summed E-state index contributed by atoms with van der Waals surface area (Å²) in [4.78, 5) is 26.2. The lowest BCUT2D eigenvalue weighted by atomic mass is 10.1. The molecule has 0 saturated carbocycles. The molecule has 0 aliphatic carbocycles. The Bertz CT molecular complexity index is 983. The summed E-state index contributed by atoms with van der Waals surface area (Å²) in [5.41, 5.74) is -0.713. The van der Waals surface area contributed by atoms with E-state index < -0.39 is 48.3 Å². The van der Waals surface area contributed by atoms with Crippen molar-refractivity contribution in [3.05, 3.63) is 69.8 Å². The molecule has 0 bridgehead atoms. The molecule has 2 aromatic carbocycles. The van der Waals surface area contributed by atoms with Crippen LogP contribution < -0.4 is 4.90 Å². The van der Waals surface area contributed by atoms with Crippen molar-refractivity contribution in [1.29, 1.82) is 0 Å². The smallest absolute Gasteiger partial charge is 0.365 e. The van der Waals surface area contributed by atoms with Gasteiger partial charge >= 0.3 is 6.18 Å². The van der Waals surface area contributed by atoms with Crippen molar-refractivity contribution in [3.8, 4) is 0 Å². The highest BCUT2D eigenvalue weighted by Crippen LogP contribution is 2.31. The molecule has 1 aliphatic heterocycles. The first-order valence-electron chi connectivity index (χ1n) is 9.89. The number of carbonyl (C=O) groups is 1. The van der Waals surface area contributed by atoms with Crippen molar-refractivity contribution in [2.45, 2.75) is 18.5 Å². The molecule has 12 heteroatoms. The Morgan fingerprint density at radius 3 is 2.36 bits per heavy atom. The number of amides is 1. The van der Waals surface area contributed by atoms with Gasteiger partial charge in [0.15, 0.2) is 6.23 Å². The van der Waals surface area contributed by atoms with Crippen LogP contribution in [0.5, 0.6) is 0 Å². The molecule has 3 rings (SSSR count). The highest BCUT2D eigenvalue weighted by atomic mass is 19.4. The van der Waals surface area contributed by atoms with Crippen LogP contribution in [-0.4, -0.2) is 61.0 Å². The van der Waals surface area contributed by atoms with Gasteiger partial charge in [-0.3, -0.25) is 14.9 Å². The molecule has 1 aliphatic rings. The highest BCUT2D eigenvalue weighted by molar-refractivity contribution is 5.95. The van der Waals surface area contributed by atoms with Crippen LogP contribution in [0, 0.1) is 10.1 Å². The predicted octanol–water partition coefficient (Wildman–Crippen LogP) is 4.23. The number of non-ortho nitro benzene ring substituents is 1. The lowest BCUT2D eigenvalue weighted by molar-refractivity contribution is -0.384. The number of nitro benzene ring substituents is 1. The van der Waals surface area contributed by atoms with Crippen LogP contribution in [0.2, 0.25) is 0 Å². The van der Waals surface area contributed by atoms with Gasteiger partial charge in [-0.05, 0) is 30.3 Å². The Labute approximate surface area is 185 Å². The van der Waals surface area contributed by atoms with Gasteiger partial charge in [-0.25, -0.2) is 8.78 Å². The van der Waals surface area contributed by atoms with E-state index in [0.717, 1.165) is 18.2 Å². The zero-order valence-corrected chi connectivity index (χ0v) is 17.2. The van der Waals surface area contributed by atoms with E-state index in [-0.39, 0.29) is 30.9 Å². The molecule has 1 atom stereocenters. The number of ether oxygens (including phenoxy) is 1. The number of nitrogens with zero attached hydrogens (tertiary/aromatic N) is 3. The average molecular weight is 473 g/mol. The van der Waals surface area contributed by atoms with Crippen LogP contribution in [0.4, 0.5) is 33.3 Å². The number of carbonyl (C=O) groups excluding carboxylic acids is 1. The largest absolute Gasteiger partial charge is 0.416 e. The van der Waals surface area contributed by atoms with Crippen molar-refractivity contribution in [3.63, 3.8) is 0 Å². The third-order valence-electron chi connectivity index (χ3n) is 5.15. The molecule has 178 valence electrons. The Morgan fingerprint density at radius 2 is 1.79 bits per heavy atom. The van der Waals surface area contributed by atoms with E-state index in [1.807, 2.05) is 0 Å². The second-order valence-corrected chi connectivity index (χ2v) is 7.32.